The average Bonchev–Trinajstić information content (AvgIpc) is 2.51. The molecule has 4 heteroatoms. The van der Waals surface area contributed by atoms with Crippen molar-refractivity contribution in [1.82, 2.24) is 4.90 Å². The van der Waals surface area contributed by atoms with Crippen molar-refractivity contribution >= 4 is 5.91 Å². The van der Waals surface area contributed by atoms with Gasteiger partial charge in [-0.05, 0) is 37.1 Å². The fraction of sp³-hybridized carbons (Fsp3) is 0.471. The normalized spacial score (nSPS) is 18.0. The first kappa shape index (κ1) is 15.6. The molecule has 0 aliphatic carbocycles. The molecule has 1 aliphatic rings. The lowest BCUT2D eigenvalue weighted by atomic mass is 10.0. The van der Waals surface area contributed by atoms with Gasteiger partial charge in [0, 0.05) is 24.2 Å². The molecule has 4 nitrogen and oxygen atoms in total. The highest BCUT2D eigenvalue weighted by Crippen LogP contribution is 2.15. The van der Waals surface area contributed by atoms with E-state index in [0.717, 1.165) is 17.5 Å². The van der Waals surface area contributed by atoms with Crippen LogP contribution in [0.1, 0.15) is 34.8 Å². The van der Waals surface area contributed by atoms with Crippen LogP contribution in [0.2, 0.25) is 0 Å². The van der Waals surface area contributed by atoms with E-state index in [-0.39, 0.29) is 18.6 Å². The second kappa shape index (κ2) is 7.26. The second-order valence-corrected chi connectivity index (χ2v) is 5.20. The van der Waals surface area contributed by atoms with Crippen LogP contribution < -0.4 is 0 Å². The Morgan fingerprint density at radius 1 is 1.48 bits per heavy atom. The van der Waals surface area contributed by atoms with Crippen molar-refractivity contribution in [2.24, 2.45) is 0 Å². The van der Waals surface area contributed by atoms with E-state index in [2.05, 4.69) is 18.8 Å². The lowest BCUT2D eigenvalue weighted by Gasteiger charge is -2.32. The number of aliphatic hydroxyl groups excluding tert-OH is 1. The third-order valence-corrected chi connectivity index (χ3v) is 3.52. The molecule has 21 heavy (non-hydrogen) atoms. The molecule has 1 N–H and O–H groups in total. The van der Waals surface area contributed by atoms with Crippen LogP contribution in [0.5, 0.6) is 0 Å². The van der Waals surface area contributed by atoms with Crippen LogP contribution >= 0.6 is 0 Å². The van der Waals surface area contributed by atoms with Crippen LogP contribution in [0.4, 0.5) is 0 Å². The smallest absolute Gasteiger partial charge is 0.254 e. The zero-order valence-electron chi connectivity index (χ0n) is 12.6. The Balaban J connectivity index is 2.20. The zero-order chi connectivity index (χ0) is 15.2. The van der Waals surface area contributed by atoms with Gasteiger partial charge in [0.05, 0.1) is 12.7 Å². The zero-order valence-corrected chi connectivity index (χ0v) is 12.6. The number of hydrogen-bond acceptors (Lipinski definition) is 3. The minimum atomic E-state index is -0.182. The Hall–Kier alpha value is -1.83. The van der Waals surface area contributed by atoms with Crippen molar-refractivity contribution < 1.29 is 14.6 Å². The van der Waals surface area contributed by atoms with Gasteiger partial charge in [-0.2, -0.15) is 0 Å². The van der Waals surface area contributed by atoms with Gasteiger partial charge >= 0.3 is 0 Å². The minimum Gasteiger partial charge on any atom is -0.384 e. The van der Waals surface area contributed by atoms with Crippen molar-refractivity contribution in [3.8, 4) is 11.8 Å². The van der Waals surface area contributed by atoms with Gasteiger partial charge in [-0.1, -0.05) is 18.8 Å². The van der Waals surface area contributed by atoms with Crippen LogP contribution in [0.3, 0.4) is 0 Å². The molecule has 0 spiro atoms. The van der Waals surface area contributed by atoms with Gasteiger partial charge < -0.3 is 14.7 Å². The molecule has 1 aliphatic heterocycles. The van der Waals surface area contributed by atoms with Crippen molar-refractivity contribution in [3.05, 3.63) is 34.9 Å². The third-order valence-electron chi connectivity index (χ3n) is 3.52. The van der Waals surface area contributed by atoms with E-state index in [0.29, 0.717) is 25.3 Å². The lowest BCUT2D eigenvalue weighted by molar-refractivity contribution is -0.0226. The summed E-state index contributed by atoms with van der Waals surface area (Å²) in [6, 6.07) is 5.57. The number of carbonyl (C=O) groups is 1. The average molecular weight is 287 g/mol. The first-order valence-electron chi connectivity index (χ1n) is 7.26. The predicted molar refractivity (Wildman–Crippen MR) is 81.1 cm³/mol. The fourth-order valence-electron chi connectivity index (χ4n) is 2.45. The van der Waals surface area contributed by atoms with E-state index in [9.17, 15) is 4.79 Å². The molecule has 112 valence electrons. The summed E-state index contributed by atoms with van der Waals surface area (Å²) in [4.78, 5) is 14.5. The van der Waals surface area contributed by atoms with Crippen LogP contribution in [-0.4, -0.2) is 48.3 Å². The molecular weight excluding hydrogens is 266 g/mol. The van der Waals surface area contributed by atoms with E-state index in [1.165, 1.54) is 0 Å². The van der Waals surface area contributed by atoms with E-state index in [4.69, 9.17) is 9.84 Å². The molecule has 1 amide bonds. The number of carbonyl (C=O) groups excluding carboxylic acids is 1. The lowest BCUT2D eigenvalue weighted by Crippen LogP contribution is -2.45. The van der Waals surface area contributed by atoms with Gasteiger partial charge in [-0.15, -0.1) is 0 Å². The Labute approximate surface area is 125 Å². The van der Waals surface area contributed by atoms with Crippen molar-refractivity contribution in [2.75, 3.05) is 26.3 Å². The number of ether oxygens (including phenoxy) is 1. The van der Waals surface area contributed by atoms with Gasteiger partial charge in [0.15, 0.2) is 0 Å². The predicted octanol–water partition coefficient (Wildman–Crippen LogP) is 1.59. The van der Waals surface area contributed by atoms with Crippen molar-refractivity contribution in [3.63, 3.8) is 0 Å². The van der Waals surface area contributed by atoms with Crippen LogP contribution in [-0.2, 0) is 4.74 Å². The molecule has 1 unspecified atom stereocenters. The Morgan fingerprint density at radius 3 is 3.00 bits per heavy atom. The summed E-state index contributed by atoms with van der Waals surface area (Å²) >= 11 is 0. The van der Waals surface area contributed by atoms with Crippen LogP contribution in [0.25, 0.3) is 0 Å². The molecule has 1 aromatic carbocycles. The largest absolute Gasteiger partial charge is 0.384 e. The highest BCUT2D eigenvalue weighted by molar-refractivity contribution is 5.95. The van der Waals surface area contributed by atoms with Gasteiger partial charge in [0.1, 0.15) is 6.61 Å². The maximum Gasteiger partial charge on any atom is 0.254 e. The fourth-order valence-corrected chi connectivity index (χ4v) is 2.45. The molecule has 1 fully saturated rings. The highest BCUT2D eigenvalue weighted by atomic mass is 16.5. The highest BCUT2D eigenvalue weighted by Gasteiger charge is 2.24. The van der Waals surface area contributed by atoms with E-state index < -0.39 is 0 Å². The number of aryl methyl sites for hydroxylation is 1. The Kier molecular flexibility index (Phi) is 5.38. The number of aliphatic hydroxyl groups is 1. The summed E-state index contributed by atoms with van der Waals surface area (Å²) in [6.45, 7) is 5.68. The Bertz CT molecular complexity index is 571. The van der Waals surface area contributed by atoms with E-state index in [1.54, 1.807) is 6.07 Å². The van der Waals surface area contributed by atoms with Gasteiger partial charge in [-0.25, -0.2) is 0 Å². The van der Waals surface area contributed by atoms with Crippen molar-refractivity contribution in [2.45, 2.75) is 26.4 Å². The number of hydrogen-bond donors (Lipinski definition) is 1. The molecular formula is C17H21NO3. The van der Waals surface area contributed by atoms with Gasteiger partial charge in [0.25, 0.3) is 5.91 Å². The molecule has 1 heterocycles. The van der Waals surface area contributed by atoms with E-state index in [1.807, 2.05) is 24.0 Å². The van der Waals surface area contributed by atoms with Gasteiger partial charge in [0.2, 0.25) is 0 Å². The van der Waals surface area contributed by atoms with E-state index >= 15 is 0 Å². The Morgan fingerprint density at radius 2 is 2.29 bits per heavy atom. The number of amides is 1. The quantitative estimate of drug-likeness (QED) is 0.840. The third kappa shape index (κ3) is 4.07. The monoisotopic (exact) mass is 287 g/mol. The molecule has 0 radical (unpaired) electrons. The summed E-state index contributed by atoms with van der Waals surface area (Å²) in [5.74, 6) is 5.49. The maximum absolute atomic E-state index is 12.6. The molecule has 1 aromatic rings. The standard InChI is InChI=1S/C17H21NO3/c1-3-16-12-18(6-8-21-16)17(20)15-10-13(2)9-14(11-15)5-4-7-19/h9-11,16,19H,3,6-8,12H2,1-2H3. The molecule has 2 rings (SSSR count). The number of nitrogens with zero attached hydrogens (tertiary/aromatic N) is 1. The first-order valence-corrected chi connectivity index (χ1v) is 7.26. The first-order chi connectivity index (χ1) is 10.1. The summed E-state index contributed by atoms with van der Waals surface area (Å²) in [7, 11) is 0. The summed E-state index contributed by atoms with van der Waals surface area (Å²) in [5.41, 5.74) is 2.39. The van der Waals surface area contributed by atoms with Crippen molar-refractivity contribution in [1.29, 1.82) is 0 Å². The summed E-state index contributed by atoms with van der Waals surface area (Å²) < 4.78 is 5.60. The molecule has 0 saturated carbocycles. The maximum atomic E-state index is 12.6. The second-order valence-electron chi connectivity index (χ2n) is 5.20. The van der Waals surface area contributed by atoms with Gasteiger partial charge in [-0.3, -0.25) is 4.79 Å². The van der Waals surface area contributed by atoms with Crippen LogP contribution in [0, 0.1) is 18.8 Å². The molecule has 1 saturated heterocycles. The number of benzene rings is 1. The van der Waals surface area contributed by atoms with Crippen LogP contribution in [0.15, 0.2) is 18.2 Å². The molecule has 0 aromatic heterocycles. The summed E-state index contributed by atoms with van der Waals surface area (Å²) in [6.07, 6.45) is 1.03. The summed E-state index contributed by atoms with van der Waals surface area (Å²) in [5, 5.41) is 8.77. The molecule has 0 bridgehead atoms. The number of morpholine rings is 1. The molecule has 1 atom stereocenters. The SMILES string of the molecule is CCC1CN(C(=O)c2cc(C)cc(C#CCO)c2)CCO1. The minimum absolute atomic E-state index is 0.0208. The number of rotatable bonds is 2. The topological polar surface area (TPSA) is 49.8 Å².